The Morgan fingerprint density at radius 2 is 1.74 bits per heavy atom. The van der Waals surface area contributed by atoms with Gasteiger partial charge >= 0.3 is 0 Å². The third-order valence-corrected chi connectivity index (χ3v) is 8.05. The molecule has 0 radical (unpaired) electrons. The van der Waals surface area contributed by atoms with Crippen LogP contribution in [0, 0.1) is 5.92 Å². The van der Waals surface area contributed by atoms with Crippen LogP contribution in [-0.2, 0) is 19.9 Å². The second-order valence-corrected chi connectivity index (χ2v) is 10.2. The van der Waals surface area contributed by atoms with E-state index in [2.05, 4.69) is 0 Å². The molecule has 2 rings (SSSR count). The van der Waals surface area contributed by atoms with Gasteiger partial charge in [-0.3, -0.25) is 0 Å². The standard InChI is InChI=1S/C15H24N2O4S2/c1-3-22(18,19)14-5-4-6-15(11-14)23(20,21)17-9-7-13(8-10-17)12(2)16/h4-6,11-13H,3,7-10,16H2,1-2H3. The van der Waals surface area contributed by atoms with Crippen LogP contribution in [0.15, 0.2) is 34.1 Å². The van der Waals surface area contributed by atoms with Crippen LogP contribution >= 0.6 is 0 Å². The number of sulfonamides is 1. The van der Waals surface area contributed by atoms with Gasteiger partial charge in [0, 0.05) is 19.1 Å². The van der Waals surface area contributed by atoms with Crippen LogP contribution in [0.4, 0.5) is 0 Å². The number of rotatable bonds is 5. The molecule has 0 spiro atoms. The first-order chi connectivity index (χ1) is 10.7. The highest BCUT2D eigenvalue weighted by Crippen LogP contribution is 2.26. The monoisotopic (exact) mass is 360 g/mol. The van der Waals surface area contributed by atoms with E-state index in [1.165, 1.54) is 35.5 Å². The van der Waals surface area contributed by atoms with Crippen molar-refractivity contribution in [1.82, 2.24) is 4.31 Å². The van der Waals surface area contributed by atoms with Gasteiger partial charge in [-0.05, 0) is 43.9 Å². The zero-order chi connectivity index (χ0) is 17.3. The Balaban J connectivity index is 2.26. The van der Waals surface area contributed by atoms with Gasteiger partial charge in [0.25, 0.3) is 0 Å². The molecule has 0 amide bonds. The molecular formula is C15H24N2O4S2. The fraction of sp³-hybridized carbons (Fsp3) is 0.600. The summed E-state index contributed by atoms with van der Waals surface area (Å²) in [6.45, 7) is 4.31. The average Bonchev–Trinajstić information content (AvgIpc) is 2.55. The number of sulfone groups is 1. The van der Waals surface area contributed by atoms with Crippen molar-refractivity contribution in [2.24, 2.45) is 11.7 Å². The summed E-state index contributed by atoms with van der Waals surface area (Å²) in [6, 6.07) is 5.66. The summed E-state index contributed by atoms with van der Waals surface area (Å²) in [7, 11) is -7.11. The highest BCUT2D eigenvalue weighted by Gasteiger charge is 2.31. The van der Waals surface area contributed by atoms with Gasteiger partial charge in [-0.2, -0.15) is 4.31 Å². The lowest BCUT2D eigenvalue weighted by Gasteiger charge is -2.33. The molecular weight excluding hydrogens is 336 g/mol. The third-order valence-electron chi connectivity index (χ3n) is 4.42. The van der Waals surface area contributed by atoms with Crippen LogP contribution in [0.3, 0.4) is 0 Å². The van der Waals surface area contributed by atoms with Crippen LogP contribution in [0.2, 0.25) is 0 Å². The maximum absolute atomic E-state index is 12.7. The summed E-state index contributed by atoms with van der Waals surface area (Å²) in [5.74, 6) is 0.268. The lowest BCUT2D eigenvalue weighted by molar-refractivity contribution is 0.250. The van der Waals surface area contributed by atoms with Gasteiger partial charge in [0.2, 0.25) is 10.0 Å². The van der Waals surface area contributed by atoms with E-state index in [4.69, 9.17) is 5.73 Å². The number of nitrogens with zero attached hydrogens (tertiary/aromatic N) is 1. The summed E-state index contributed by atoms with van der Waals surface area (Å²) in [5.41, 5.74) is 5.88. The highest BCUT2D eigenvalue weighted by molar-refractivity contribution is 7.91. The molecule has 23 heavy (non-hydrogen) atoms. The molecule has 2 N–H and O–H groups in total. The largest absolute Gasteiger partial charge is 0.328 e. The van der Waals surface area contributed by atoms with E-state index in [0.717, 1.165) is 12.8 Å². The second kappa shape index (κ2) is 6.88. The maximum atomic E-state index is 12.7. The summed E-state index contributed by atoms with van der Waals surface area (Å²) >= 11 is 0. The van der Waals surface area contributed by atoms with Gasteiger partial charge in [-0.15, -0.1) is 0 Å². The molecule has 1 fully saturated rings. The van der Waals surface area contributed by atoms with E-state index in [1.54, 1.807) is 0 Å². The number of piperidine rings is 1. The first kappa shape index (κ1) is 18.4. The molecule has 8 heteroatoms. The quantitative estimate of drug-likeness (QED) is 0.852. The van der Waals surface area contributed by atoms with Gasteiger partial charge in [0.15, 0.2) is 9.84 Å². The van der Waals surface area contributed by atoms with Gasteiger partial charge in [-0.25, -0.2) is 16.8 Å². The normalized spacial score (nSPS) is 19.6. The zero-order valence-corrected chi connectivity index (χ0v) is 15.1. The van der Waals surface area contributed by atoms with Crippen LogP contribution in [-0.4, -0.2) is 46.0 Å². The number of benzene rings is 1. The van der Waals surface area contributed by atoms with Crippen molar-refractivity contribution in [3.63, 3.8) is 0 Å². The molecule has 1 saturated heterocycles. The van der Waals surface area contributed by atoms with E-state index in [9.17, 15) is 16.8 Å². The van der Waals surface area contributed by atoms with Crippen LogP contribution < -0.4 is 5.73 Å². The lowest BCUT2D eigenvalue weighted by atomic mass is 9.92. The molecule has 0 aromatic heterocycles. The summed E-state index contributed by atoms with van der Waals surface area (Å²) in [6.07, 6.45) is 1.45. The average molecular weight is 361 g/mol. The molecule has 1 aromatic rings. The van der Waals surface area contributed by atoms with Crippen molar-refractivity contribution < 1.29 is 16.8 Å². The Morgan fingerprint density at radius 1 is 1.17 bits per heavy atom. The predicted octanol–water partition coefficient (Wildman–Crippen LogP) is 1.23. The van der Waals surface area contributed by atoms with Crippen molar-refractivity contribution in [3.05, 3.63) is 24.3 Å². The lowest BCUT2D eigenvalue weighted by Crippen LogP contribution is -2.42. The van der Waals surface area contributed by atoms with Gasteiger partial charge in [-0.1, -0.05) is 13.0 Å². The van der Waals surface area contributed by atoms with Crippen LogP contribution in [0.25, 0.3) is 0 Å². The van der Waals surface area contributed by atoms with Crippen molar-refractivity contribution in [3.8, 4) is 0 Å². The Labute approximate surface area is 138 Å². The molecule has 130 valence electrons. The number of hydrogen-bond donors (Lipinski definition) is 1. The molecule has 1 unspecified atom stereocenters. The van der Waals surface area contributed by atoms with Gasteiger partial charge in [0.1, 0.15) is 0 Å². The predicted molar refractivity (Wildman–Crippen MR) is 89.3 cm³/mol. The Hall–Kier alpha value is -0.960. The van der Waals surface area contributed by atoms with E-state index in [-0.39, 0.29) is 21.6 Å². The number of hydrogen-bond acceptors (Lipinski definition) is 5. The minimum atomic E-state index is -3.67. The van der Waals surface area contributed by atoms with Gasteiger partial charge in [0.05, 0.1) is 15.5 Å². The molecule has 1 atom stereocenters. The van der Waals surface area contributed by atoms with Crippen molar-refractivity contribution in [2.75, 3.05) is 18.8 Å². The molecule has 0 aliphatic carbocycles. The minimum absolute atomic E-state index is 0.0336. The molecule has 0 bridgehead atoms. The molecule has 0 saturated carbocycles. The van der Waals surface area contributed by atoms with E-state index in [0.29, 0.717) is 19.0 Å². The first-order valence-electron chi connectivity index (χ1n) is 7.77. The van der Waals surface area contributed by atoms with Crippen molar-refractivity contribution in [1.29, 1.82) is 0 Å². The Kier molecular flexibility index (Phi) is 5.50. The minimum Gasteiger partial charge on any atom is -0.328 e. The van der Waals surface area contributed by atoms with Gasteiger partial charge < -0.3 is 5.73 Å². The van der Waals surface area contributed by atoms with E-state index >= 15 is 0 Å². The summed E-state index contributed by atoms with van der Waals surface area (Å²) in [5, 5.41) is 0. The highest BCUT2D eigenvalue weighted by atomic mass is 32.2. The van der Waals surface area contributed by atoms with Crippen molar-refractivity contribution in [2.45, 2.75) is 42.5 Å². The molecule has 1 aromatic carbocycles. The molecule has 1 aliphatic heterocycles. The first-order valence-corrected chi connectivity index (χ1v) is 10.9. The Bertz CT molecular complexity index is 749. The topological polar surface area (TPSA) is 97.5 Å². The molecule has 6 nitrogen and oxygen atoms in total. The summed E-state index contributed by atoms with van der Waals surface area (Å²) < 4.78 is 50.8. The van der Waals surface area contributed by atoms with E-state index in [1.807, 2.05) is 6.92 Å². The molecule has 1 aliphatic rings. The fourth-order valence-corrected chi connectivity index (χ4v) is 5.30. The van der Waals surface area contributed by atoms with Crippen LogP contribution in [0.1, 0.15) is 26.7 Å². The second-order valence-electron chi connectivity index (χ2n) is 5.98. The van der Waals surface area contributed by atoms with Crippen molar-refractivity contribution >= 4 is 19.9 Å². The SMILES string of the molecule is CCS(=O)(=O)c1cccc(S(=O)(=O)N2CCC(C(C)N)CC2)c1. The van der Waals surface area contributed by atoms with Crippen LogP contribution in [0.5, 0.6) is 0 Å². The Morgan fingerprint density at radius 3 is 2.26 bits per heavy atom. The third kappa shape index (κ3) is 3.93. The fourth-order valence-electron chi connectivity index (χ4n) is 2.79. The van der Waals surface area contributed by atoms with E-state index < -0.39 is 19.9 Å². The molecule has 1 heterocycles. The smallest absolute Gasteiger partial charge is 0.243 e. The maximum Gasteiger partial charge on any atom is 0.243 e. The summed E-state index contributed by atoms with van der Waals surface area (Å²) in [4.78, 5) is 0.0813. The zero-order valence-electron chi connectivity index (χ0n) is 13.5. The number of nitrogens with two attached hydrogens (primary N) is 1.